The Morgan fingerprint density at radius 3 is 2.56 bits per heavy atom. The van der Waals surface area contributed by atoms with Gasteiger partial charge in [0, 0.05) is 27.7 Å². The summed E-state index contributed by atoms with van der Waals surface area (Å²) < 4.78 is 25.5. The Hall–Kier alpha value is -0.190. The number of thiophene rings is 1. The summed E-state index contributed by atoms with van der Waals surface area (Å²) in [4.78, 5) is 0. The molecule has 0 N–H and O–H groups in total. The molecule has 2 aromatic rings. The van der Waals surface area contributed by atoms with Gasteiger partial charge in [-0.3, -0.25) is 4.57 Å². The van der Waals surface area contributed by atoms with E-state index >= 15 is 0 Å². The molecule has 0 atom stereocenters. The lowest BCUT2D eigenvalue weighted by atomic mass is 10.3. The highest BCUT2D eigenvalue weighted by Gasteiger charge is 2.25. The number of hydrogen-bond donors (Lipinski definition) is 0. The lowest BCUT2D eigenvalue weighted by Crippen LogP contribution is -2.09. The fourth-order valence-corrected chi connectivity index (χ4v) is 3.84. The molecule has 0 bridgehead atoms. The summed E-state index contributed by atoms with van der Waals surface area (Å²) >= 11 is 3.76. The Labute approximate surface area is 127 Å². The SMILES string of the molecule is CC(C)n1c(-c2csc(I)c2)nnc1S(=O)(=O)Cl. The first-order chi connectivity index (χ1) is 8.30. The van der Waals surface area contributed by atoms with E-state index in [1.807, 2.05) is 25.3 Å². The molecule has 2 aromatic heterocycles. The second kappa shape index (κ2) is 5.06. The van der Waals surface area contributed by atoms with Gasteiger partial charge >= 0.3 is 0 Å². The molecule has 98 valence electrons. The Morgan fingerprint density at radius 2 is 2.11 bits per heavy atom. The average Bonchev–Trinajstić information content (AvgIpc) is 2.80. The van der Waals surface area contributed by atoms with E-state index < -0.39 is 9.05 Å². The van der Waals surface area contributed by atoms with E-state index in [-0.39, 0.29) is 11.2 Å². The zero-order valence-electron chi connectivity index (χ0n) is 9.46. The molecule has 0 unspecified atom stereocenters. The van der Waals surface area contributed by atoms with Crippen LogP contribution >= 0.6 is 44.6 Å². The summed E-state index contributed by atoms with van der Waals surface area (Å²) in [6.07, 6.45) is 0. The summed E-state index contributed by atoms with van der Waals surface area (Å²) in [5, 5.41) is 9.33. The lowest BCUT2D eigenvalue weighted by Gasteiger charge is -2.11. The van der Waals surface area contributed by atoms with Gasteiger partial charge in [-0.15, -0.1) is 21.5 Å². The maximum absolute atomic E-state index is 11.5. The van der Waals surface area contributed by atoms with Crippen molar-refractivity contribution >= 4 is 53.7 Å². The summed E-state index contributed by atoms with van der Waals surface area (Å²) in [7, 11) is 1.47. The van der Waals surface area contributed by atoms with Gasteiger partial charge in [-0.05, 0) is 42.5 Å². The highest BCUT2D eigenvalue weighted by atomic mass is 127. The molecule has 0 saturated heterocycles. The summed E-state index contributed by atoms with van der Waals surface area (Å²) in [6.45, 7) is 3.71. The van der Waals surface area contributed by atoms with Gasteiger partial charge in [0.1, 0.15) is 0 Å². The Balaban J connectivity index is 2.67. The van der Waals surface area contributed by atoms with Crippen molar-refractivity contribution < 1.29 is 8.42 Å². The number of aromatic nitrogens is 3. The lowest BCUT2D eigenvalue weighted by molar-refractivity contribution is 0.530. The maximum Gasteiger partial charge on any atom is 0.296 e. The monoisotopic (exact) mass is 417 g/mol. The van der Waals surface area contributed by atoms with Gasteiger partial charge in [-0.25, -0.2) is 8.42 Å². The molecule has 0 aliphatic heterocycles. The van der Waals surface area contributed by atoms with Crippen molar-refractivity contribution in [3.05, 3.63) is 14.3 Å². The summed E-state index contributed by atoms with van der Waals surface area (Å²) in [5.41, 5.74) is 0.845. The molecule has 18 heavy (non-hydrogen) atoms. The highest BCUT2D eigenvalue weighted by molar-refractivity contribution is 14.1. The van der Waals surface area contributed by atoms with Gasteiger partial charge in [0.25, 0.3) is 14.2 Å². The number of hydrogen-bond acceptors (Lipinski definition) is 5. The van der Waals surface area contributed by atoms with Crippen molar-refractivity contribution in [2.45, 2.75) is 25.0 Å². The first kappa shape index (κ1) is 14.2. The molecule has 0 amide bonds. The predicted molar refractivity (Wildman–Crippen MR) is 79.5 cm³/mol. The normalized spacial score (nSPS) is 12.3. The second-order valence-corrected chi connectivity index (χ2v) is 9.11. The van der Waals surface area contributed by atoms with Crippen molar-refractivity contribution in [2.24, 2.45) is 0 Å². The quantitative estimate of drug-likeness (QED) is 0.568. The molecule has 0 aliphatic rings. The van der Waals surface area contributed by atoms with Crippen LogP contribution in [-0.4, -0.2) is 23.2 Å². The first-order valence-corrected chi connectivity index (χ1v) is 9.21. The molecule has 0 saturated carbocycles. The number of halogens is 2. The van der Waals surface area contributed by atoms with E-state index in [0.717, 1.165) is 8.45 Å². The molecule has 0 aliphatic carbocycles. The van der Waals surface area contributed by atoms with Crippen LogP contribution < -0.4 is 0 Å². The van der Waals surface area contributed by atoms with Crippen molar-refractivity contribution in [1.82, 2.24) is 14.8 Å². The van der Waals surface area contributed by atoms with E-state index in [2.05, 4.69) is 32.8 Å². The molecular formula is C9H9ClIN3O2S2. The Kier molecular flexibility index (Phi) is 4.00. The van der Waals surface area contributed by atoms with E-state index in [9.17, 15) is 8.42 Å². The van der Waals surface area contributed by atoms with Crippen LogP contribution in [0.4, 0.5) is 0 Å². The van der Waals surface area contributed by atoms with Gasteiger partial charge < -0.3 is 0 Å². The van der Waals surface area contributed by atoms with Crippen molar-refractivity contribution in [3.8, 4) is 11.4 Å². The number of nitrogens with zero attached hydrogens (tertiary/aromatic N) is 3. The molecule has 2 heterocycles. The second-order valence-electron chi connectivity index (χ2n) is 3.85. The molecule has 0 spiro atoms. The van der Waals surface area contributed by atoms with Gasteiger partial charge in [0.2, 0.25) is 0 Å². The largest absolute Gasteiger partial charge is 0.296 e. The van der Waals surface area contributed by atoms with Crippen LogP contribution in [0.3, 0.4) is 0 Å². The summed E-state index contributed by atoms with van der Waals surface area (Å²) in [6, 6.07) is 1.83. The van der Waals surface area contributed by atoms with Crippen molar-refractivity contribution in [3.63, 3.8) is 0 Å². The summed E-state index contributed by atoms with van der Waals surface area (Å²) in [5.74, 6) is 0.517. The number of rotatable bonds is 3. The van der Waals surface area contributed by atoms with E-state index in [1.165, 1.54) is 4.57 Å². The molecule has 0 fully saturated rings. The van der Waals surface area contributed by atoms with Crippen LogP contribution in [0, 0.1) is 2.88 Å². The molecule has 0 radical (unpaired) electrons. The van der Waals surface area contributed by atoms with Crippen LogP contribution in [0.1, 0.15) is 19.9 Å². The fraction of sp³-hybridized carbons (Fsp3) is 0.333. The topological polar surface area (TPSA) is 64.8 Å². The minimum Gasteiger partial charge on any atom is -0.294 e. The molecule has 9 heteroatoms. The molecule has 5 nitrogen and oxygen atoms in total. The standard InChI is InChI=1S/C9H9ClIN3O2S2/c1-5(2)14-8(6-3-7(11)17-4-6)12-13-9(14)18(10,15)16/h3-5H,1-2H3. The highest BCUT2D eigenvalue weighted by Crippen LogP contribution is 2.29. The van der Waals surface area contributed by atoms with Crippen LogP contribution in [0.25, 0.3) is 11.4 Å². The third-order valence-electron chi connectivity index (χ3n) is 2.22. The van der Waals surface area contributed by atoms with Crippen molar-refractivity contribution in [2.75, 3.05) is 0 Å². The van der Waals surface area contributed by atoms with E-state index in [0.29, 0.717) is 5.82 Å². The zero-order chi connectivity index (χ0) is 13.5. The third kappa shape index (κ3) is 2.70. The molecule has 2 rings (SSSR count). The van der Waals surface area contributed by atoms with Gasteiger partial charge in [-0.1, -0.05) is 0 Å². The minimum atomic E-state index is -3.90. The van der Waals surface area contributed by atoms with Crippen LogP contribution in [-0.2, 0) is 9.05 Å². The van der Waals surface area contributed by atoms with Crippen LogP contribution in [0.5, 0.6) is 0 Å². The Bertz CT molecular complexity index is 678. The third-order valence-corrected chi connectivity index (χ3v) is 5.14. The predicted octanol–water partition coefficient (Wildman–Crippen LogP) is 3.12. The first-order valence-electron chi connectivity index (χ1n) is 4.94. The fourth-order valence-electron chi connectivity index (χ4n) is 1.53. The van der Waals surface area contributed by atoms with Gasteiger partial charge in [-0.2, -0.15) is 0 Å². The van der Waals surface area contributed by atoms with Crippen LogP contribution in [0.2, 0.25) is 0 Å². The Morgan fingerprint density at radius 1 is 1.44 bits per heavy atom. The van der Waals surface area contributed by atoms with E-state index in [4.69, 9.17) is 10.7 Å². The average molecular weight is 418 g/mol. The smallest absolute Gasteiger partial charge is 0.294 e. The van der Waals surface area contributed by atoms with Crippen LogP contribution in [0.15, 0.2) is 16.6 Å². The molecule has 0 aromatic carbocycles. The van der Waals surface area contributed by atoms with Gasteiger partial charge in [0.05, 0.1) is 2.88 Å². The molecular weight excluding hydrogens is 409 g/mol. The van der Waals surface area contributed by atoms with Crippen molar-refractivity contribution in [1.29, 1.82) is 0 Å². The maximum atomic E-state index is 11.5. The minimum absolute atomic E-state index is 0.101. The zero-order valence-corrected chi connectivity index (χ0v) is 14.0. The van der Waals surface area contributed by atoms with Gasteiger partial charge in [0.15, 0.2) is 5.82 Å². The van der Waals surface area contributed by atoms with E-state index in [1.54, 1.807) is 11.3 Å².